The second kappa shape index (κ2) is 11.9. The van der Waals surface area contributed by atoms with Gasteiger partial charge in [0.1, 0.15) is 5.75 Å². The predicted octanol–water partition coefficient (Wildman–Crippen LogP) is 4.44. The van der Waals surface area contributed by atoms with E-state index in [0.29, 0.717) is 12.5 Å². The van der Waals surface area contributed by atoms with Crippen molar-refractivity contribution in [1.29, 1.82) is 0 Å². The zero-order valence-electron chi connectivity index (χ0n) is 17.3. The Bertz CT molecular complexity index is 789. The van der Waals surface area contributed by atoms with Crippen LogP contribution >= 0.6 is 24.0 Å². The molecule has 0 aliphatic carbocycles. The van der Waals surface area contributed by atoms with Crippen molar-refractivity contribution < 1.29 is 13.5 Å². The van der Waals surface area contributed by atoms with Gasteiger partial charge in [0.05, 0.1) is 0 Å². The van der Waals surface area contributed by atoms with E-state index in [0.717, 1.165) is 37.6 Å². The van der Waals surface area contributed by atoms with Crippen molar-refractivity contribution in [3.05, 3.63) is 60.2 Å². The predicted molar refractivity (Wildman–Crippen MR) is 128 cm³/mol. The number of benzene rings is 2. The number of hydrogen-bond acceptors (Lipinski definition) is 3. The monoisotopic (exact) mass is 530 g/mol. The molecular weight excluding hydrogens is 501 g/mol. The van der Waals surface area contributed by atoms with Gasteiger partial charge >= 0.3 is 6.61 Å². The van der Waals surface area contributed by atoms with Crippen LogP contribution in [0.4, 0.5) is 14.5 Å². The fraction of sp³-hybridized carbons (Fsp3) is 0.409. The van der Waals surface area contributed by atoms with Gasteiger partial charge in [0.2, 0.25) is 0 Å². The van der Waals surface area contributed by atoms with Crippen molar-refractivity contribution in [3.63, 3.8) is 0 Å². The number of nitrogens with zero attached hydrogens (tertiary/aromatic N) is 3. The van der Waals surface area contributed by atoms with Crippen LogP contribution in [0.2, 0.25) is 0 Å². The highest BCUT2D eigenvalue weighted by Gasteiger charge is 2.23. The highest BCUT2D eigenvalue weighted by atomic mass is 127. The maximum Gasteiger partial charge on any atom is 0.387 e. The number of aliphatic imine (C=N–C) groups is 1. The largest absolute Gasteiger partial charge is 0.435 e. The lowest BCUT2D eigenvalue weighted by Gasteiger charge is -2.24. The smallest absolute Gasteiger partial charge is 0.387 e. The van der Waals surface area contributed by atoms with Gasteiger partial charge in [0, 0.05) is 46.0 Å². The van der Waals surface area contributed by atoms with Crippen LogP contribution in [0.3, 0.4) is 0 Å². The summed E-state index contributed by atoms with van der Waals surface area (Å²) in [5.74, 6) is 1.54. The third kappa shape index (κ3) is 7.00. The number of nitrogens with one attached hydrogen (secondary N) is 1. The Morgan fingerprint density at radius 2 is 1.90 bits per heavy atom. The minimum atomic E-state index is -2.81. The summed E-state index contributed by atoms with van der Waals surface area (Å²) in [6.45, 7) is 0.776. The van der Waals surface area contributed by atoms with E-state index in [4.69, 9.17) is 0 Å². The van der Waals surface area contributed by atoms with Crippen LogP contribution in [0.25, 0.3) is 0 Å². The van der Waals surface area contributed by atoms with Crippen LogP contribution in [-0.4, -0.2) is 51.2 Å². The van der Waals surface area contributed by atoms with Crippen molar-refractivity contribution >= 4 is 35.6 Å². The van der Waals surface area contributed by atoms with Crippen LogP contribution < -0.4 is 15.0 Å². The quantitative estimate of drug-likeness (QED) is 0.327. The molecule has 0 bridgehead atoms. The highest BCUT2D eigenvalue weighted by molar-refractivity contribution is 14.0. The van der Waals surface area contributed by atoms with Crippen molar-refractivity contribution in [1.82, 2.24) is 10.2 Å². The molecule has 8 heteroatoms. The summed E-state index contributed by atoms with van der Waals surface area (Å²) in [6.07, 6.45) is 1.15. The van der Waals surface area contributed by atoms with Gasteiger partial charge in [-0.1, -0.05) is 30.3 Å². The van der Waals surface area contributed by atoms with Gasteiger partial charge in [-0.05, 0) is 42.2 Å². The number of halogens is 3. The molecule has 1 heterocycles. The maximum absolute atomic E-state index is 12.3. The Labute approximate surface area is 194 Å². The van der Waals surface area contributed by atoms with E-state index < -0.39 is 6.61 Å². The summed E-state index contributed by atoms with van der Waals surface area (Å²) in [5.41, 5.74) is 2.27. The van der Waals surface area contributed by atoms with E-state index in [9.17, 15) is 8.78 Å². The summed E-state index contributed by atoms with van der Waals surface area (Å²) >= 11 is 0. The highest BCUT2D eigenvalue weighted by Crippen LogP contribution is 2.23. The molecule has 1 atom stereocenters. The summed E-state index contributed by atoms with van der Waals surface area (Å²) < 4.78 is 28.9. The number of alkyl halides is 2. The third-order valence-electron chi connectivity index (χ3n) is 5.10. The van der Waals surface area contributed by atoms with Crippen molar-refractivity contribution in [2.24, 2.45) is 10.9 Å². The van der Waals surface area contributed by atoms with E-state index >= 15 is 0 Å². The lowest BCUT2D eigenvalue weighted by Crippen LogP contribution is -2.41. The van der Waals surface area contributed by atoms with E-state index in [-0.39, 0.29) is 29.7 Å². The molecule has 3 rings (SSSR count). The fourth-order valence-electron chi connectivity index (χ4n) is 3.62. The molecule has 1 fully saturated rings. The molecule has 0 aromatic heterocycles. The lowest BCUT2D eigenvalue weighted by molar-refractivity contribution is -0.0498. The second-order valence-electron chi connectivity index (χ2n) is 7.24. The topological polar surface area (TPSA) is 40.1 Å². The molecule has 0 spiro atoms. The summed E-state index contributed by atoms with van der Waals surface area (Å²) in [7, 11) is 3.73. The van der Waals surface area contributed by atoms with Crippen LogP contribution in [0.1, 0.15) is 12.0 Å². The Balaban J connectivity index is 0.00000320. The van der Waals surface area contributed by atoms with Crippen LogP contribution in [-0.2, 0) is 6.54 Å². The molecule has 164 valence electrons. The minimum absolute atomic E-state index is 0. The molecule has 0 radical (unpaired) electrons. The first-order valence-corrected chi connectivity index (χ1v) is 9.80. The molecule has 30 heavy (non-hydrogen) atoms. The number of rotatable bonds is 7. The first-order chi connectivity index (χ1) is 14.0. The molecule has 5 nitrogen and oxygen atoms in total. The summed E-state index contributed by atoms with van der Waals surface area (Å²) in [6, 6.07) is 17.2. The van der Waals surface area contributed by atoms with E-state index in [1.807, 2.05) is 18.0 Å². The molecule has 1 aliphatic rings. The molecule has 1 N–H and O–H groups in total. The fourth-order valence-corrected chi connectivity index (χ4v) is 3.62. The molecule has 2 aromatic rings. The van der Waals surface area contributed by atoms with Crippen LogP contribution in [0.15, 0.2) is 59.6 Å². The zero-order valence-corrected chi connectivity index (χ0v) is 19.6. The van der Waals surface area contributed by atoms with Gasteiger partial charge in [-0.25, -0.2) is 0 Å². The number of ether oxygens (including phenoxy) is 1. The molecule has 0 amide bonds. The minimum Gasteiger partial charge on any atom is -0.435 e. The van der Waals surface area contributed by atoms with E-state index in [1.54, 1.807) is 31.3 Å². The first-order valence-electron chi connectivity index (χ1n) is 9.80. The normalized spacial score (nSPS) is 16.4. The maximum atomic E-state index is 12.3. The number of hydrogen-bond donors (Lipinski definition) is 1. The van der Waals surface area contributed by atoms with Crippen molar-refractivity contribution in [2.45, 2.75) is 19.6 Å². The summed E-state index contributed by atoms with van der Waals surface area (Å²) in [4.78, 5) is 8.81. The molecule has 1 saturated heterocycles. The van der Waals surface area contributed by atoms with Crippen LogP contribution in [0.5, 0.6) is 5.75 Å². The standard InChI is InChI=1S/C22H28F2N4O.HI/c1-25-22(27(2)15-17-8-10-20(11-9-17)29-21(23)24)26-14-18-12-13-28(16-18)19-6-4-3-5-7-19;/h3-11,18,21H,12-16H2,1-2H3,(H,25,26);1H. The zero-order chi connectivity index (χ0) is 20.6. The average molecular weight is 530 g/mol. The number of para-hydroxylation sites is 1. The Morgan fingerprint density at radius 3 is 2.53 bits per heavy atom. The SMILES string of the molecule is CN=C(NCC1CCN(c2ccccc2)C1)N(C)Cc1ccc(OC(F)F)cc1.I. The number of anilines is 1. The van der Waals surface area contributed by atoms with Gasteiger partial charge in [-0.2, -0.15) is 8.78 Å². The van der Waals surface area contributed by atoms with Crippen LogP contribution in [0, 0.1) is 5.92 Å². The van der Waals surface area contributed by atoms with Gasteiger partial charge in [0.15, 0.2) is 5.96 Å². The Morgan fingerprint density at radius 1 is 1.20 bits per heavy atom. The van der Waals surface area contributed by atoms with Crippen molar-refractivity contribution in [3.8, 4) is 5.75 Å². The van der Waals surface area contributed by atoms with Gasteiger partial charge in [0.25, 0.3) is 0 Å². The molecule has 1 aliphatic heterocycles. The van der Waals surface area contributed by atoms with E-state index in [1.165, 1.54) is 5.69 Å². The average Bonchev–Trinajstić information content (AvgIpc) is 3.19. The van der Waals surface area contributed by atoms with E-state index in [2.05, 4.69) is 44.2 Å². The number of guanidine groups is 1. The van der Waals surface area contributed by atoms with Gasteiger partial charge < -0.3 is 19.9 Å². The van der Waals surface area contributed by atoms with Crippen molar-refractivity contribution in [2.75, 3.05) is 38.6 Å². The summed E-state index contributed by atoms with van der Waals surface area (Å²) in [5, 5.41) is 3.47. The first kappa shape index (κ1) is 24.2. The molecule has 2 aromatic carbocycles. The Kier molecular flexibility index (Phi) is 9.61. The molecule has 0 saturated carbocycles. The molecule has 1 unspecified atom stereocenters. The third-order valence-corrected chi connectivity index (χ3v) is 5.10. The van der Waals surface area contributed by atoms with Gasteiger partial charge in [-0.3, -0.25) is 4.99 Å². The Hall–Kier alpha value is -2.10. The van der Waals surface area contributed by atoms with Gasteiger partial charge in [-0.15, -0.1) is 24.0 Å². The molecular formula is C22H29F2IN4O. The lowest BCUT2D eigenvalue weighted by atomic mass is 10.1. The second-order valence-corrected chi connectivity index (χ2v) is 7.24.